The van der Waals surface area contributed by atoms with Crippen LogP contribution in [0.1, 0.15) is 19.8 Å². The summed E-state index contributed by atoms with van der Waals surface area (Å²) in [6, 6.07) is 5.49. The fourth-order valence-corrected chi connectivity index (χ4v) is 2.75. The number of hydrogen-bond donors (Lipinski definition) is 1. The highest BCUT2D eigenvalue weighted by Crippen LogP contribution is 2.35. The first-order chi connectivity index (χ1) is 9.13. The van der Waals surface area contributed by atoms with E-state index in [1.165, 1.54) is 6.42 Å². The molecule has 0 amide bonds. The standard InChI is InChI=1S/C13H18ClN3O2/c1-2-16(9-10-5-4-8-15-10)12-7-3-6-11(14)13(12)17(18)19/h3,6-7,10,15H,2,4-5,8-9H2,1H3. The molecule has 19 heavy (non-hydrogen) atoms. The summed E-state index contributed by atoms with van der Waals surface area (Å²) < 4.78 is 0. The molecule has 0 saturated carbocycles. The lowest BCUT2D eigenvalue weighted by atomic mass is 10.2. The van der Waals surface area contributed by atoms with E-state index in [0.29, 0.717) is 11.7 Å². The molecule has 104 valence electrons. The van der Waals surface area contributed by atoms with Crippen molar-refractivity contribution in [2.75, 3.05) is 24.5 Å². The number of likely N-dealkylation sites (N-methyl/N-ethyl adjacent to an activating group) is 1. The predicted octanol–water partition coefficient (Wildman–Crippen LogP) is 2.83. The molecule has 1 saturated heterocycles. The highest BCUT2D eigenvalue weighted by molar-refractivity contribution is 6.33. The number of halogens is 1. The van der Waals surface area contributed by atoms with Gasteiger partial charge in [0.1, 0.15) is 10.7 Å². The second kappa shape index (κ2) is 6.21. The topological polar surface area (TPSA) is 58.4 Å². The number of para-hydroxylation sites is 1. The minimum Gasteiger partial charge on any atom is -0.365 e. The Labute approximate surface area is 117 Å². The fraction of sp³-hybridized carbons (Fsp3) is 0.538. The van der Waals surface area contributed by atoms with Gasteiger partial charge in [0.25, 0.3) is 0 Å². The zero-order chi connectivity index (χ0) is 13.8. The van der Waals surface area contributed by atoms with Gasteiger partial charge in [0, 0.05) is 19.1 Å². The minimum absolute atomic E-state index is 0.00372. The van der Waals surface area contributed by atoms with E-state index in [1.807, 2.05) is 11.8 Å². The van der Waals surface area contributed by atoms with E-state index >= 15 is 0 Å². The van der Waals surface area contributed by atoms with Crippen molar-refractivity contribution in [2.45, 2.75) is 25.8 Å². The van der Waals surface area contributed by atoms with Crippen molar-refractivity contribution in [3.8, 4) is 0 Å². The van der Waals surface area contributed by atoms with E-state index in [9.17, 15) is 10.1 Å². The largest absolute Gasteiger partial charge is 0.365 e. The summed E-state index contributed by atoms with van der Waals surface area (Å²) in [6.45, 7) is 4.52. The molecule has 6 heteroatoms. The SMILES string of the molecule is CCN(CC1CCCN1)c1cccc(Cl)c1[N+](=O)[O-]. The maximum Gasteiger partial charge on any atom is 0.310 e. The molecule has 0 aromatic heterocycles. The maximum absolute atomic E-state index is 11.2. The molecule has 1 aliphatic heterocycles. The average Bonchev–Trinajstić information content (AvgIpc) is 2.88. The van der Waals surface area contributed by atoms with E-state index in [1.54, 1.807) is 18.2 Å². The number of nitrogens with zero attached hydrogens (tertiary/aromatic N) is 2. The molecular weight excluding hydrogens is 266 g/mol. The van der Waals surface area contributed by atoms with Crippen molar-refractivity contribution in [2.24, 2.45) is 0 Å². The maximum atomic E-state index is 11.2. The molecule has 1 aromatic rings. The quantitative estimate of drug-likeness (QED) is 0.667. The first kappa shape index (κ1) is 14.1. The Kier molecular flexibility index (Phi) is 4.61. The van der Waals surface area contributed by atoms with Gasteiger partial charge in [-0.05, 0) is 38.4 Å². The molecule has 1 heterocycles. The van der Waals surface area contributed by atoms with Crippen LogP contribution in [0.15, 0.2) is 18.2 Å². The summed E-state index contributed by atoms with van der Waals surface area (Å²) in [5.74, 6) is 0. The van der Waals surface area contributed by atoms with Crippen LogP contribution >= 0.6 is 11.6 Å². The summed E-state index contributed by atoms with van der Waals surface area (Å²) >= 11 is 5.96. The Morgan fingerprint density at radius 2 is 2.37 bits per heavy atom. The zero-order valence-electron chi connectivity index (χ0n) is 10.9. The van der Waals surface area contributed by atoms with Gasteiger partial charge in [-0.3, -0.25) is 10.1 Å². The van der Waals surface area contributed by atoms with Gasteiger partial charge in [-0.15, -0.1) is 0 Å². The Balaban J connectivity index is 2.26. The fourth-order valence-electron chi connectivity index (χ4n) is 2.52. The van der Waals surface area contributed by atoms with Gasteiger partial charge in [-0.1, -0.05) is 17.7 Å². The van der Waals surface area contributed by atoms with Crippen LogP contribution in [0.3, 0.4) is 0 Å². The predicted molar refractivity (Wildman–Crippen MR) is 77.0 cm³/mol. The van der Waals surface area contributed by atoms with Crippen molar-refractivity contribution in [3.05, 3.63) is 33.3 Å². The van der Waals surface area contributed by atoms with Gasteiger partial charge >= 0.3 is 5.69 Å². The molecule has 1 atom stereocenters. The van der Waals surface area contributed by atoms with Crippen molar-refractivity contribution < 1.29 is 4.92 Å². The molecule has 1 aromatic carbocycles. The van der Waals surface area contributed by atoms with E-state index in [-0.39, 0.29) is 10.7 Å². The molecule has 1 unspecified atom stereocenters. The number of nitro groups is 1. The minimum atomic E-state index is -0.400. The van der Waals surface area contributed by atoms with Crippen LogP contribution < -0.4 is 10.2 Å². The lowest BCUT2D eigenvalue weighted by Crippen LogP contribution is -2.37. The molecule has 5 nitrogen and oxygen atoms in total. The summed E-state index contributed by atoms with van der Waals surface area (Å²) in [7, 11) is 0. The number of nitro benzene ring substituents is 1. The first-order valence-corrected chi connectivity index (χ1v) is 6.92. The molecular formula is C13H18ClN3O2. The summed E-state index contributed by atoms with van der Waals surface area (Å²) in [6.07, 6.45) is 2.28. The average molecular weight is 284 g/mol. The summed E-state index contributed by atoms with van der Waals surface area (Å²) in [5, 5.41) is 14.8. The van der Waals surface area contributed by atoms with Gasteiger partial charge < -0.3 is 10.2 Å². The molecule has 0 radical (unpaired) electrons. The van der Waals surface area contributed by atoms with Gasteiger partial charge in [0.15, 0.2) is 0 Å². The summed E-state index contributed by atoms with van der Waals surface area (Å²) in [4.78, 5) is 12.8. The third-order valence-electron chi connectivity index (χ3n) is 3.47. The molecule has 2 rings (SSSR count). The Morgan fingerprint density at radius 3 is 2.95 bits per heavy atom. The monoisotopic (exact) mass is 283 g/mol. The highest BCUT2D eigenvalue weighted by atomic mass is 35.5. The smallest absolute Gasteiger partial charge is 0.310 e. The Bertz CT molecular complexity index is 461. The van der Waals surface area contributed by atoms with Crippen molar-refractivity contribution >= 4 is 23.0 Å². The number of nitrogens with one attached hydrogen (secondary N) is 1. The number of hydrogen-bond acceptors (Lipinski definition) is 4. The van der Waals surface area contributed by atoms with Crippen LogP contribution in [0.4, 0.5) is 11.4 Å². The number of rotatable bonds is 5. The van der Waals surface area contributed by atoms with Gasteiger partial charge in [0.2, 0.25) is 0 Å². The van der Waals surface area contributed by atoms with Crippen LogP contribution in [-0.4, -0.2) is 30.6 Å². The summed E-state index contributed by atoms with van der Waals surface area (Å²) in [5.41, 5.74) is 0.609. The first-order valence-electron chi connectivity index (χ1n) is 6.54. The van der Waals surface area contributed by atoms with Crippen molar-refractivity contribution in [1.82, 2.24) is 5.32 Å². The molecule has 0 spiro atoms. The molecule has 1 fully saturated rings. The normalized spacial score (nSPS) is 18.5. The molecule has 1 aliphatic rings. The van der Waals surface area contributed by atoms with Crippen molar-refractivity contribution in [3.63, 3.8) is 0 Å². The third kappa shape index (κ3) is 3.16. The second-order valence-electron chi connectivity index (χ2n) is 4.70. The molecule has 1 N–H and O–H groups in total. The second-order valence-corrected chi connectivity index (χ2v) is 5.10. The molecule has 0 bridgehead atoms. The number of anilines is 1. The van der Waals surface area contributed by atoms with Gasteiger partial charge in [-0.2, -0.15) is 0 Å². The van der Waals surface area contributed by atoms with E-state index in [4.69, 9.17) is 11.6 Å². The Morgan fingerprint density at radius 1 is 1.58 bits per heavy atom. The van der Waals surface area contributed by atoms with Gasteiger partial charge in [-0.25, -0.2) is 0 Å². The van der Waals surface area contributed by atoms with Crippen LogP contribution in [0.25, 0.3) is 0 Å². The Hall–Kier alpha value is -1.33. The zero-order valence-corrected chi connectivity index (χ0v) is 11.7. The van der Waals surface area contributed by atoms with Crippen LogP contribution in [0.5, 0.6) is 0 Å². The van der Waals surface area contributed by atoms with Crippen LogP contribution in [0.2, 0.25) is 5.02 Å². The number of benzene rings is 1. The van der Waals surface area contributed by atoms with Crippen LogP contribution in [-0.2, 0) is 0 Å². The third-order valence-corrected chi connectivity index (χ3v) is 3.78. The van der Waals surface area contributed by atoms with Crippen LogP contribution in [0, 0.1) is 10.1 Å². The van der Waals surface area contributed by atoms with E-state index in [0.717, 1.165) is 26.1 Å². The van der Waals surface area contributed by atoms with E-state index in [2.05, 4.69) is 5.32 Å². The van der Waals surface area contributed by atoms with Gasteiger partial charge in [0.05, 0.1) is 4.92 Å². The lowest BCUT2D eigenvalue weighted by molar-refractivity contribution is -0.384. The lowest BCUT2D eigenvalue weighted by Gasteiger charge is -2.26. The highest BCUT2D eigenvalue weighted by Gasteiger charge is 2.25. The van der Waals surface area contributed by atoms with E-state index < -0.39 is 4.92 Å². The van der Waals surface area contributed by atoms with Crippen molar-refractivity contribution in [1.29, 1.82) is 0 Å². The molecule has 0 aliphatic carbocycles.